The molecule has 1 aromatic rings. The van der Waals surface area contributed by atoms with Crippen LogP contribution in [0.15, 0.2) is 24.3 Å². The number of hydrogen-bond acceptors (Lipinski definition) is 1. The van der Waals surface area contributed by atoms with Gasteiger partial charge in [0.05, 0.1) is 6.04 Å². The second-order valence-electron chi connectivity index (χ2n) is 2.41. The fourth-order valence-corrected chi connectivity index (χ4v) is 0.956. The SMILES string of the molecule is N[C@H](c1ccc(Cl)cc1)C(F)F. The van der Waals surface area contributed by atoms with Crippen LogP contribution in [0.4, 0.5) is 8.78 Å². The van der Waals surface area contributed by atoms with E-state index in [4.69, 9.17) is 17.3 Å². The average Bonchev–Trinajstić information content (AvgIpc) is 2.04. The van der Waals surface area contributed by atoms with Crippen molar-refractivity contribution in [3.63, 3.8) is 0 Å². The third-order valence-electron chi connectivity index (χ3n) is 1.53. The van der Waals surface area contributed by atoms with Crippen molar-refractivity contribution in [2.75, 3.05) is 0 Å². The number of nitrogens with two attached hydrogens (primary N) is 1. The van der Waals surface area contributed by atoms with Crippen LogP contribution in [0.25, 0.3) is 0 Å². The Morgan fingerprint density at radius 1 is 1.17 bits per heavy atom. The van der Waals surface area contributed by atoms with E-state index >= 15 is 0 Å². The Bertz CT molecular complexity index is 248. The Balaban J connectivity index is 2.82. The van der Waals surface area contributed by atoms with Crippen LogP contribution in [0.5, 0.6) is 0 Å². The summed E-state index contributed by atoms with van der Waals surface area (Å²) in [5.41, 5.74) is 5.59. The highest BCUT2D eigenvalue weighted by molar-refractivity contribution is 6.30. The number of hydrogen-bond donors (Lipinski definition) is 1. The van der Waals surface area contributed by atoms with Gasteiger partial charge in [-0.25, -0.2) is 8.78 Å². The second-order valence-corrected chi connectivity index (χ2v) is 2.85. The molecule has 1 atom stereocenters. The molecular weight excluding hydrogens is 184 g/mol. The minimum Gasteiger partial charge on any atom is -0.319 e. The minimum atomic E-state index is -2.54. The van der Waals surface area contributed by atoms with Crippen molar-refractivity contribution in [1.82, 2.24) is 0 Å². The molecule has 0 amide bonds. The minimum absolute atomic E-state index is 0.398. The molecule has 0 saturated carbocycles. The summed E-state index contributed by atoms with van der Waals surface area (Å²) in [4.78, 5) is 0. The highest BCUT2D eigenvalue weighted by Crippen LogP contribution is 2.19. The lowest BCUT2D eigenvalue weighted by Crippen LogP contribution is -2.18. The molecule has 4 heteroatoms. The lowest BCUT2D eigenvalue weighted by Gasteiger charge is -2.09. The van der Waals surface area contributed by atoms with Crippen molar-refractivity contribution in [2.45, 2.75) is 12.5 Å². The van der Waals surface area contributed by atoms with E-state index in [-0.39, 0.29) is 0 Å². The number of benzene rings is 1. The topological polar surface area (TPSA) is 26.0 Å². The predicted molar refractivity (Wildman–Crippen MR) is 44.4 cm³/mol. The standard InChI is InChI=1S/C8H8ClF2N/c9-6-3-1-5(2-4-6)7(12)8(10)11/h1-4,7-8H,12H2/t7-/m1/s1. The molecule has 0 saturated heterocycles. The quantitative estimate of drug-likeness (QED) is 0.764. The van der Waals surface area contributed by atoms with Crippen molar-refractivity contribution >= 4 is 11.6 Å². The fourth-order valence-electron chi connectivity index (χ4n) is 0.830. The molecule has 0 radical (unpaired) electrons. The van der Waals surface area contributed by atoms with E-state index in [1.54, 1.807) is 12.1 Å². The molecule has 0 spiro atoms. The summed E-state index contributed by atoms with van der Waals surface area (Å²) in [7, 11) is 0. The van der Waals surface area contributed by atoms with Gasteiger partial charge in [0.15, 0.2) is 0 Å². The van der Waals surface area contributed by atoms with Gasteiger partial charge in [0.1, 0.15) is 0 Å². The van der Waals surface area contributed by atoms with Gasteiger partial charge in [0, 0.05) is 5.02 Å². The van der Waals surface area contributed by atoms with Gasteiger partial charge in [-0.2, -0.15) is 0 Å². The summed E-state index contributed by atoms with van der Waals surface area (Å²) in [5, 5.41) is 0.514. The highest BCUT2D eigenvalue weighted by atomic mass is 35.5. The van der Waals surface area contributed by atoms with E-state index in [0.717, 1.165) is 0 Å². The molecule has 0 aliphatic rings. The molecule has 1 rings (SSSR count). The molecule has 0 fully saturated rings. The zero-order chi connectivity index (χ0) is 9.14. The third-order valence-corrected chi connectivity index (χ3v) is 1.78. The summed E-state index contributed by atoms with van der Waals surface area (Å²) >= 11 is 5.57. The van der Waals surface area contributed by atoms with Gasteiger partial charge < -0.3 is 5.73 Å². The maximum Gasteiger partial charge on any atom is 0.257 e. The Kier molecular flexibility index (Phi) is 3.00. The second kappa shape index (κ2) is 3.83. The van der Waals surface area contributed by atoms with Crippen molar-refractivity contribution in [2.24, 2.45) is 5.73 Å². The summed E-state index contributed by atoms with van der Waals surface area (Å²) in [5.74, 6) is 0. The Hall–Kier alpha value is -0.670. The van der Waals surface area contributed by atoms with E-state index in [1.807, 2.05) is 0 Å². The summed E-state index contributed by atoms with van der Waals surface area (Å²) in [6.07, 6.45) is -2.54. The van der Waals surface area contributed by atoms with Gasteiger partial charge in [0.25, 0.3) is 6.43 Å². The summed E-state index contributed by atoms with van der Waals surface area (Å²) < 4.78 is 24.1. The van der Waals surface area contributed by atoms with E-state index in [1.165, 1.54) is 12.1 Å². The lowest BCUT2D eigenvalue weighted by molar-refractivity contribution is 0.116. The third kappa shape index (κ3) is 2.16. The lowest BCUT2D eigenvalue weighted by atomic mass is 10.1. The maximum absolute atomic E-state index is 12.1. The van der Waals surface area contributed by atoms with Crippen LogP contribution in [-0.4, -0.2) is 6.43 Å². The van der Waals surface area contributed by atoms with Crippen molar-refractivity contribution in [3.05, 3.63) is 34.9 Å². The molecule has 0 unspecified atom stereocenters. The molecule has 1 aromatic carbocycles. The largest absolute Gasteiger partial charge is 0.319 e. The molecule has 0 aliphatic carbocycles. The number of rotatable bonds is 2. The van der Waals surface area contributed by atoms with Crippen molar-refractivity contribution in [1.29, 1.82) is 0 Å². The van der Waals surface area contributed by atoms with Gasteiger partial charge >= 0.3 is 0 Å². The number of alkyl halides is 2. The van der Waals surface area contributed by atoms with Crippen LogP contribution in [0.2, 0.25) is 5.02 Å². The predicted octanol–water partition coefficient (Wildman–Crippen LogP) is 2.60. The molecular formula is C8H8ClF2N. The van der Waals surface area contributed by atoms with Crippen LogP contribution >= 0.6 is 11.6 Å². The van der Waals surface area contributed by atoms with E-state index in [9.17, 15) is 8.78 Å². The monoisotopic (exact) mass is 191 g/mol. The number of halogens is 3. The van der Waals surface area contributed by atoms with Gasteiger partial charge in [-0.3, -0.25) is 0 Å². The van der Waals surface area contributed by atoms with E-state index < -0.39 is 12.5 Å². The van der Waals surface area contributed by atoms with Crippen LogP contribution < -0.4 is 5.73 Å². The van der Waals surface area contributed by atoms with Crippen LogP contribution in [0.3, 0.4) is 0 Å². The molecule has 0 aromatic heterocycles. The Morgan fingerprint density at radius 2 is 1.67 bits per heavy atom. The van der Waals surface area contributed by atoms with Gasteiger partial charge in [-0.1, -0.05) is 23.7 Å². The smallest absolute Gasteiger partial charge is 0.257 e. The molecule has 0 bridgehead atoms. The van der Waals surface area contributed by atoms with E-state index in [0.29, 0.717) is 10.6 Å². The Labute approximate surface area is 74.1 Å². The first-order valence-electron chi connectivity index (χ1n) is 3.40. The first kappa shape index (κ1) is 9.42. The van der Waals surface area contributed by atoms with Crippen LogP contribution in [-0.2, 0) is 0 Å². The first-order chi connectivity index (χ1) is 5.61. The van der Waals surface area contributed by atoms with E-state index in [2.05, 4.69) is 0 Å². The summed E-state index contributed by atoms with van der Waals surface area (Å²) in [6.45, 7) is 0. The molecule has 0 aliphatic heterocycles. The molecule has 0 heterocycles. The van der Waals surface area contributed by atoms with Crippen molar-refractivity contribution in [3.8, 4) is 0 Å². The van der Waals surface area contributed by atoms with Crippen molar-refractivity contribution < 1.29 is 8.78 Å². The van der Waals surface area contributed by atoms with Gasteiger partial charge in [-0.15, -0.1) is 0 Å². The first-order valence-corrected chi connectivity index (χ1v) is 3.78. The Morgan fingerprint density at radius 3 is 2.08 bits per heavy atom. The van der Waals surface area contributed by atoms with Gasteiger partial charge in [-0.05, 0) is 17.7 Å². The molecule has 66 valence electrons. The molecule has 12 heavy (non-hydrogen) atoms. The van der Waals surface area contributed by atoms with Crippen LogP contribution in [0.1, 0.15) is 11.6 Å². The summed E-state index contributed by atoms with van der Waals surface area (Å²) in [6, 6.07) is 4.86. The maximum atomic E-state index is 12.1. The van der Waals surface area contributed by atoms with Crippen LogP contribution in [0, 0.1) is 0 Å². The average molecular weight is 192 g/mol. The normalized spacial score (nSPS) is 13.4. The highest BCUT2D eigenvalue weighted by Gasteiger charge is 2.16. The van der Waals surface area contributed by atoms with Gasteiger partial charge in [0.2, 0.25) is 0 Å². The molecule has 1 nitrogen and oxygen atoms in total. The fraction of sp³-hybridized carbons (Fsp3) is 0.250. The zero-order valence-electron chi connectivity index (χ0n) is 6.18. The molecule has 2 N–H and O–H groups in total. The zero-order valence-corrected chi connectivity index (χ0v) is 6.93.